The Kier molecular flexibility index (Phi) is 8.37. The number of carbonyl (C=O) groups excluding carboxylic acids is 2. The van der Waals surface area contributed by atoms with Crippen molar-refractivity contribution in [3.63, 3.8) is 0 Å². The zero-order valence-electron chi connectivity index (χ0n) is 14.4. The summed E-state index contributed by atoms with van der Waals surface area (Å²) in [6.07, 6.45) is -10.8. The molecule has 0 atom stereocenters. The van der Waals surface area contributed by atoms with Gasteiger partial charge >= 0.3 is 48.4 Å². The van der Waals surface area contributed by atoms with Crippen LogP contribution in [0.2, 0.25) is 0 Å². The fourth-order valence-corrected chi connectivity index (χ4v) is 1.55. The maximum atomic E-state index is 13.2. The van der Waals surface area contributed by atoms with Crippen LogP contribution in [0.25, 0.3) is 0 Å². The molecule has 0 aliphatic heterocycles. The minimum Gasteiger partial charge on any atom is -0.349 e. The van der Waals surface area contributed by atoms with Crippen molar-refractivity contribution in [3.8, 4) is 0 Å². The van der Waals surface area contributed by atoms with Gasteiger partial charge in [0.15, 0.2) is 0 Å². The van der Waals surface area contributed by atoms with Gasteiger partial charge in [-0.2, -0.15) is 52.7 Å². The Morgan fingerprint density at radius 2 is 0.750 bits per heavy atom. The Bertz CT molecular complexity index is 635. The van der Waals surface area contributed by atoms with Crippen LogP contribution < -0.4 is 10.6 Å². The molecular formula is C12H8F16N2O2. The lowest BCUT2D eigenvalue weighted by Crippen LogP contribution is -2.64. The molecule has 0 fully saturated rings. The van der Waals surface area contributed by atoms with Crippen molar-refractivity contribution in [2.75, 3.05) is 13.1 Å². The molecule has 0 spiro atoms. The molecule has 0 saturated carbocycles. The Morgan fingerprint density at radius 1 is 0.531 bits per heavy atom. The molecule has 0 saturated heterocycles. The van der Waals surface area contributed by atoms with Crippen LogP contribution in [0.1, 0.15) is 0 Å². The van der Waals surface area contributed by atoms with Crippen molar-refractivity contribution in [2.45, 2.75) is 48.4 Å². The number of amides is 2. The predicted octanol–water partition coefficient (Wildman–Crippen LogP) is 3.56. The first-order valence-corrected chi connectivity index (χ1v) is 7.33. The van der Waals surface area contributed by atoms with E-state index in [4.69, 9.17) is 0 Å². The van der Waals surface area contributed by atoms with Gasteiger partial charge in [-0.05, 0) is 0 Å². The van der Waals surface area contributed by atoms with Crippen molar-refractivity contribution in [1.29, 1.82) is 0 Å². The lowest BCUT2D eigenvalue weighted by Gasteiger charge is -2.31. The lowest BCUT2D eigenvalue weighted by atomic mass is 10.0. The average Bonchev–Trinajstić information content (AvgIpc) is 2.63. The molecule has 0 aromatic carbocycles. The van der Waals surface area contributed by atoms with Gasteiger partial charge in [0.25, 0.3) is 11.8 Å². The monoisotopic (exact) mass is 516 g/mol. The smallest absolute Gasteiger partial charge is 0.349 e. The van der Waals surface area contributed by atoms with Crippen LogP contribution in [-0.4, -0.2) is 73.3 Å². The molecule has 32 heavy (non-hydrogen) atoms. The average molecular weight is 516 g/mol. The molecule has 0 aliphatic carbocycles. The van der Waals surface area contributed by atoms with Crippen LogP contribution in [0.15, 0.2) is 0 Å². The Hall–Kier alpha value is -2.18. The molecule has 0 bridgehead atoms. The summed E-state index contributed by atoms with van der Waals surface area (Å²) in [4.78, 5) is 21.8. The molecule has 0 aliphatic rings. The summed E-state index contributed by atoms with van der Waals surface area (Å²) in [5.41, 5.74) is 0. The molecule has 4 nitrogen and oxygen atoms in total. The number of hydrogen-bond acceptors (Lipinski definition) is 2. The molecular weight excluding hydrogens is 508 g/mol. The Morgan fingerprint density at radius 3 is 0.938 bits per heavy atom. The molecule has 2 N–H and O–H groups in total. The van der Waals surface area contributed by atoms with E-state index in [1.165, 1.54) is 0 Å². The van der Waals surface area contributed by atoms with E-state index < -0.39 is 73.3 Å². The summed E-state index contributed by atoms with van der Waals surface area (Å²) in [7, 11) is 0. The van der Waals surface area contributed by atoms with E-state index in [0.29, 0.717) is 10.6 Å². The van der Waals surface area contributed by atoms with Crippen LogP contribution >= 0.6 is 0 Å². The zero-order chi connectivity index (χ0) is 26.1. The first kappa shape index (κ1) is 29.8. The first-order valence-electron chi connectivity index (χ1n) is 7.33. The molecule has 0 unspecified atom stereocenters. The highest BCUT2D eigenvalue weighted by Gasteiger charge is 2.79. The fraction of sp³-hybridized carbons (Fsp3) is 0.833. The van der Waals surface area contributed by atoms with Gasteiger partial charge < -0.3 is 10.6 Å². The maximum absolute atomic E-state index is 13.2. The quantitative estimate of drug-likeness (QED) is 0.326. The van der Waals surface area contributed by atoms with Crippen LogP contribution in [0.5, 0.6) is 0 Å². The van der Waals surface area contributed by atoms with Crippen LogP contribution in [0, 0.1) is 0 Å². The van der Waals surface area contributed by atoms with Crippen molar-refractivity contribution in [1.82, 2.24) is 10.6 Å². The summed E-state index contributed by atoms with van der Waals surface area (Å²) < 4.78 is 202. The van der Waals surface area contributed by atoms with Crippen molar-refractivity contribution in [2.24, 2.45) is 0 Å². The molecule has 0 aromatic heterocycles. The van der Waals surface area contributed by atoms with E-state index >= 15 is 0 Å². The predicted molar refractivity (Wildman–Crippen MR) is 67.7 cm³/mol. The number of nitrogens with one attached hydrogen (secondary N) is 2. The summed E-state index contributed by atoms with van der Waals surface area (Å²) in [6, 6.07) is 0. The number of hydrogen-bond donors (Lipinski definition) is 2. The molecule has 2 amide bonds. The van der Waals surface area contributed by atoms with E-state index in [1.54, 1.807) is 0 Å². The number of rotatable bonds is 11. The highest BCUT2D eigenvalue weighted by atomic mass is 19.4. The van der Waals surface area contributed by atoms with E-state index in [1.807, 2.05) is 0 Å². The normalized spacial score (nSPS) is 14.7. The van der Waals surface area contributed by atoms with Gasteiger partial charge in [0.2, 0.25) is 0 Å². The molecule has 0 radical (unpaired) electrons. The first-order chi connectivity index (χ1) is 13.9. The Balaban J connectivity index is 5.19. The minimum absolute atomic E-state index is 0.572. The molecule has 20 heteroatoms. The topological polar surface area (TPSA) is 58.2 Å². The van der Waals surface area contributed by atoms with E-state index in [9.17, 15) is 79.8 Å². The third-order valence-corrected chi connectivity index (χ3v) is 3.44. The largest absolute Gasteiger partial charge is 0.392 e. The van der Waals surface area contributed by atoms with E-state index in [2.05, 4.69) is 0 Å². The fourth-order valence-electron chi connectivity index (χ4n) is 1.55. The van der Waals surface area contributed by atoms with E-state index in [-0.39, 0.29) is 0 Å². The van der Waals surface area contributed by atoms with Crippen LogP contribution in [-0.2, 0) is 9.59 Å². The number of carbonyl (C=O) groups is 2. The molecule has 190 valence electrons. The second kappa shape index (κ2) is 8.99. The number of halogens is 16. The highest BCUT2D eigenvalue weighted by molar-refractivity contribution is 5.86. The third-order valence-electron chi connectivity index (χ3n) is 3.44. The van der Waals surface area contributed by atoms with Crippen LogP contribution in [0.4, 0.5) is 70.2 Å². The summed E-state index contributed by atoms with van der Waals surface area (Å²) in [6.45, 7) is -3.47. The molecule has 0 heterocycles. The van der Waals surface area contributed by atoms with Gasteiger partial charge in [0.05, 0.1) is 0 Å². The van der Waals surface area contributed by atoms with Crippen molar-refractivity contribution >= 4 is 11.8 Å². The summed E-state index contributed by atoms with van der Waals surface area (Å²) >= 11 is 0. The second-order valence-corrected chi connectivity index (χ2v) is 5.66. The van der Waals surface area contributed by atoms with Gasteiger partial charge in [0, 0.05) is 13.1 Å². The van der Waals surface area contributed by atoms with Gasteiger partial charge in [-0.25, -0.2) is 17.6 Å². The molecule has 0 rings (SSSR count). The third kappa shape index (κ3) is 4.76. The summed E-state index contributed by atoms with van der Waals surface area (Å²) in [5, 5.41) is 1.14. The van der Waals surface area contributed by atoms with Crippen molar-refractivity contribution < 1.29 is 79.8 Å². The Labute approximate surface area is 165 Å². The molecule has 0 aromatic rings. The maximum Gasteiger partial charge on any atom is 0.392 e. The van der Waals surface area contributed by atoms with Gasteiger partial charge in [0.1, 0.15) is 0 Å². The zero-order valence-corrected chi connectivity index (χ0v) is 14.4. The standard InChI is InChI=1S/C12H8F16N2O2/c13-3(14)7(17,18)11(25,26)9(21,22)5(31)29-1-2-30-6(32)10(23,24)12(27,28)8(19,20)4(15)16/h3-4H,1-2H2,(H,29,31)(H,30,32). The van der Waals surface area contributed by atoms with Gasteiger partial charge in [-0.1, -0.05) is 0 Å². The minimum atomic E-state index is -7.00. The lowest BCUT2D eigenvalue weighted by molar-refractivity contribution is -0.328. The van der Waals surface area contributed by atoms with Gasteiger partial charge in [-0.15, -0.1) is 0 Å². The number of alkyl halides is 16. The SMILES string of the molecule is O=C(NCCNC(=O)C(F)(F)C(F)(F)C(F)(F)C(F)F)C(F)(F)C(F)(F)C(F)(F)C(F)F. The van der Waals surface area contributed by atoms with Crippen LogP contribution in [0.3, 0.4) is 0 Å². The summed E-state index contributed by atoms with van der Waals surface area (Å²) in [5.74, 6) is -47.5. The second-order valence-electron chi connectivity index (χ2n) is 5.66. The van der Waals surface area contributed by atoms with E-state index in [0.717, 1.165) is 0 Å². The van der Waals surface area contributed by atoms with Crippen molar-refractivity contribution in [3.05, 3.63) is 0 Å². The highest BCUT2D eigenvalue weighted by Crippen LogP contribution is 2.49. The van der Waals surface area contributed by atoms with Gasteiger partial charge in [-0.3, -0.25) is 9.59 Å².